The Balaban J connectivity index is 2.25. The Morgan fingerprint density at radius 1 is 1.21 bits per heavy atom. The topological polar surface area (TPSA) is 24.9 Å². The van der Waals surface area contributed by atoms with Crippen LogP contribution in [0.15, 0.2) is 34.9 Å². The van der Waals surface area contributed by atoms with Gasteiger partial charge >= 0.3 is 0 Å². The number of pyridine rings is 1. The summed E-state index contributed by atoms with van der Waals surface area (Å²) in [6.45, 7) is 3.63. The second kappa shape index (κ2) is 5.65. The van der Waals surface area contributed by atoms with Gasteiger partial charge in [0.2, 0.25) is 0 Å². The molecule has 1 N–H and O–H groups in total. The first-order valence-electron chi connectivity index (χ1n) is 5.82. The van der Waals surface area contributed by atoms with E-state index in [9.17, 15) is 8.78 Å². The fourth-order valence-electron chi connectivity index (χ4n) is 1.84. The molecule has 19 heavy (non-hydrogen) atoms. The number of nitrogens with one attached hydrogen (secondary N) is 1. The number of anilines is 1. The summed E-state index contributed by atoms with van der Waals surface area (Å²) < 4.78 is 27.6. The predicted octanol–water partition coefficient (Wildman–Crippen LogP) is 4.60. The van der Waals surface area contributed by atoms with Crippen molar-refractivity contribution in [2.75, 3.05) is 5.32 Å². The predicted molar refractivity (Wildman–Crippen MR) is 75.1 cm³/mol. The zero-order valence-corrected chi connectivity index (χ0v) is 12.1. The second-order valence-corrected chi connectivity index (χ2v) is 5.11. The molecule has 1 aromatic carbocycles. The fraction of sp³-hybridized carbons (Fsp3) is 0.214. The molecule has 1 heterocycles. The summed E-state index contributed by atoms with van der Waals surface area (Å²) in [4.78, 5) is 4.25. The van der Waals surface area contributed by atoms with Crippen LogP contribution in [-0.4, -0.2) is 4.98 Å². The van der Waals surface area contributed by atoms with Crippen molar-refractivity contribution in [3.05, 3.63) is 57.8 Å². The smallest absolute Gasteiger partial charge is 0.128 e. The average molecular weight is 327 g/mol. The van der Waals surface area contributed by atoms with Crippen LogP contribution in [0.2, 0.25) is 0 Å². The summed E-state index contributed by atoms with van der Waals surface area (Å²) in [6, 6.07) is 6.74. The molecule has 2 nitrogen and oxygen atoms in total. The maximum Gasteiger partial charge on any atom is 0.128 e. The Morgan fingerprint density at radius 2 is 1.95 bits per heavy atom. The van der Waals surface area contributed by atoms with Crippen LogP contribution in [0, 0.1) is 18.6 Å². The summed E-state index contributed by atoms with van der Waals surface area (Å²) in [5, 5.41) is 3.13. The van der Waals surface area contributed by atoms with Gasteiger partial charge in [0, 0.05) is 5.56 Å². The van der Waals surface area contributed by atoms with E-state index in [4.69, 9.17) is 0 Å². The van der Waals surface area contributed by atoms with Crippen LogP contribution in [0.1, 0.15) is 24.2 Å². The number of hydrogen-bond donors (Lipinski definition) is 1. The maximum atomic E-state index is 13.7. The van der Waals surface area contributed by atoms with Crippen molar-refractivity contribution in [3.63, 3.8) is 0 Å². The lowest BCUT2D eigenvalue weighted by Gasteiger charge is -2.17. The third-order valence-corrected chi connectivity index (χ3v) is 3.29. The van der Waals surface area contributed by atoms with E-state index in [2.05, 4.69) is 26.2 Å². The molecule has 1 atom stereocenters. The summed E-state index contributed by atoms with van der Waals surface area (Å²) in [5.74, 6) is -0.875. The molecule has 0 fully saturated rings. The van der Waals surface area contributed by atoms with Crippen LogP contribution in [0.5, 0.6) is 0 Å². The molecule has 100 valence electrons. The van der Waals surface area contributed by atoms with E-state index >= 15 is 0 Å². The van der Waals surface area contributed by atoms with Gasteiger partial charge in [-0.05, 0) is 60.1 Å². The number of aryl methyl sites for hydroxylation is 1. The molecular formula is C14H13BrF2N2. The lowest BCUT2D eigenvalue weighted by Crippen LogP contribution is -2.10. The van der Waals surface area contributed by atoms with Crippen molar-refractivity contribution in [1.29, 1.82) is 0 Å². The van der Waals surface area contributed by atoms with Crippen molar-refractivity contribution in [3.8, 4) is 0 Å². The molecule has 0 aliphatic heterocycles. The third-order valence-electron chi connectivity index (χ3n) is 2.85. The van der Waals surface area contributed by atoms with Gasteiger partial charge in [0.15, 0.2) is 0 Å². The molecule has 0 spiro atoms. The van der Waals surface area contributed by atoms with Crippen LogP contribution in [0.25, 0.3) is 0 Å². The summed E-state index contributed by atoms with van der Waals surface area (Å²) in [6.07, 6.45) is 0. The summed E-state index contributed by atoms with van der Waals surface area (Å²) in [7, 11) is 0. The molecule has 2 aromatic rings. The highest BCUT2D eigenvalue weighted by molar-refractivity contribution is 9.10. The summed E-state index contributed by atoms with van der Waals surface area (Å²) in [5.41, 5.74) is 1.87. The highest BCUT2D eigenvalue weighted by Crippen LogP contribution is 2.24. The number of rotatable bonds is 3. The van der Waals surface area contributed by atoms with Crippen molar-refractivity contribution >= 4 is 21.6 Å². The third kappa shape index (κ3) is 3.29. The Bertz CT molecular complexity index is 602. The molecule has 0 bridgehead atoms. The van der Waals surface area contributed by atoms with Crippen molar-refractivity contribution in [2.45, 2.75) is 19.9 Å². The minimum Gasteiger partial charge on any atom is -0.377 e. The lowest BCUT2D eigenvalue weighted by atomic mass is 10.1. The molecule has 0 saturated heterocycles. The Kier molecular flexibility index (Phi) is 4.14. The molecule has 0 saturated carbocycles. The van der Waals surface area contributed by atoms with Gasteiger partial charge in [0.05, 0.1) is 17.4 Å². The lowest BCUT2D eigenvalue weighted by molar-refractivity contribution is 0.577. The highest BCUT2D eigenvalue weighted by Gasteiger charge is 2.13. The van der Waals surface area contributed by atoms with Gasteiger partial charge in [-0.1, -0.05) is 0 Å². The molecule has 0 aliphatic rings. The van der Waals surface area contributed by atoms with Crippen molar-refractivity contribution < 1.29 is 8.78 Å². The van der Waals surface area contributed by atoms with E-state index in [1.54, 1.807) is 13.0 Å². The number of aromatic nitrogens is 1. The molecule has 1 unspecified atom stereocenters. The Hall–Kier alpha value is -1.49. The van der Waals surface area contributed by atoms with Gasteiger partial charge in [0.25, 0.3) is 0 Å². The van der Waals surface area contributed by atoms with Crippen molar-refractivity contribution in [2.24, 2.45) is 0 Å². The van der Waals surface area contributed by atoms with E-state index in [0.29, 0.717) is 5.56 Å². The maximum absolute atomic E-state index is 13.7. The normalized spacial score (nSPS) is 12.3. The largest absolute Gasteiger partial charge is 0.377 e. The van der Waals surface area contributed by atoms with Crippen LogP contribution in [0.4, 0.5) is 14.5 Å². The summed E-state index contributed by atoms with van der Waals surface area (Å²) >= 11 is 3.28. The number of hydrogen-bond acceptors (Lipinski definition) is 2. The van der Waals surface area contributed by atoms with Gasteiger partial charge in [-0.2, -0.15) is 0 Å². The van der Waals surface area contributed by atoms with E-state index in [0.717, 1.165) is 28.1 Å². The van der Waals surface area contributed by atoms with E-state index in [1.165, 1.54) is 6.07 Å². The van der Waals surface area contributed by atoms with Crippen LogP contribution < -0.4 is 5.32 Å². The van der Waals surface area contributed by atoms with E-state index in [-0.39, 0.29) is 6.04 Å². The molecule has 5 heteroatoms. The monoisotopic (exact) mass is 326 g/mol. The average Bonchev–Trinajstić information content (AvgIpc) is 2.35. The van der Waals surface area contributed by atoms with Crippen LogP contribution in [0.3, 0.4) is 0 Å². The van der Waals surface area contributed by atoms with Gasteiger partial charge in [-0.3, -0.25) is 0 Å². The highest BCUT2D eigenvalue weighted by atomic mass is 79.9. The zero-order chi connectivity index (χ0) is 14.0. The molecule has 0 radical (unpaired) electrons. The number of benzene rings is 1. The van der Waals surface area contributed by atoms with Gasteiger partial charge in [-0.15, -0.1) is 0 Å². The molecular weight excluding hydrogens is 314 g/mol. The first-order chi connectivity index (χ1) is 8.97. The second-order valence-electron chi connectivity index (χ2n) is 4.30. The van der Waals surface area contributed by atoms with Crippen molar-refractivity contribution in [1.82, 2.24) is 4.98 Å². The molecule has 2 rings (SSSR count). The fourth-order valence-corrected chi connectivity index (χ4v) is 2.24. The van der Waals surface area contributed by atoms with Crippen LogP contribution in [-0.2, 0) is 0 Å². The minimum absolute atomic E-state index is 0.294. The minimum atomic E-state index is -0.448. The molecule has 0 aliphatic carbocycles. The Morgan fingerprint density at radius 3 is 2.63 bits per heavy atom. The van der Waals surface area contributed by atoms with E-state index < -0.39 is 11.6 Å². The molecule has 1 aromatic heterocycles. The van der Waals surface area contributed by atoms with Gasteiger partial charge in [-0.25, -0.2) is 13.8 Å². The van der Waals surface area contributed by atoms with E-state index in [1.807, 2.05) is 13.0 Å². The standard InChI is InChI=1S/C14H13BrF2N2/c1-8(11-7-10(16)3-4-12(11)17)18-13-5-6-14(15)19-9(13)2/h3-8,18H,1-2H3. The SMILES string of the molecule is Cc1nc(Br)ccc1NC(C)c1cc(F)ccc1F. The zero-order valence-electron chi connectivity index (χ0n) is 10.5. The first kappa shape index (κ1) is 13.9. The number of halogens is 3. The number of nitrogens with zero attached hydrogens (tertiary/aromatic N) is 1. The van der Waals surface area contributed by atoms with Gasteiger partial charge in [0.1, 0.15) is 16.2 Å². The van der Waals surface area contributed by atoms with Gasteiger partial charge < -0.3 is 5.32 Å². The first-order valence-corrected chi connectivity index (χ1v) is 6.61. The molecule has 0 amide bonds. The quantitative estimate of drug-likeness (QED) is 0.833. The van der Waals surface area contributed by atoms with Crippen LogP contribution >= 0.6 is 15.9 Å². The Labute approximate surface area is 119 Å².